The minimum atomic E-state index is 0.665. The van der Waals surface area contributed by atoms with Gasteiger partial charge in [0.2, 0.25) is 0 Å². The Morgan fingerprint density at radius 3 is 2.53 bits per heavy atom. The second-order valence-corrected chi connectivity index (χ2v) is 4.31. The first-order chi connectivity index (χ1) is 8.25. The Hall–Kier alpha value is -1.67. The fourth-order valence-corrected chi connectivity index (χ4v) is 1.92. The Labute approximate surface area is 106 Å². The molecule has 0 aliphatic carbocycles. The molecule has 0 fully saturated rings. The van der Waals surface area contributed by atoms with Crippen LogP contribution in [0.5, 0.6) is 0 Å². The Morgan fingerprint density at radius 2 is 1.82 bits per heavy atom. The fourth-order valence-electron chi connectivity index (χ4n) is 1.66. The lowest BCUT2D eigenvalue weighted by molar-refractivity contribution is 1.02. The zero-order valence-electron chi connectivity index (χ0n) is 9.49. The van der Waals surface area contributed by atoms with E-state index in [-0.39, 0.29) is 0 Å². The molecule has 0 aliphatic heterocycles. The summed E-state index contributed by atoms with van der Waals surface area (Å²) >= 11 is 6.07. The van der Waals surface area contributed by atoms with Crippen molar-refractivity contribution in [1.29, 1.82) is 0 Å². The van der Waals surface area contributed by atoms with Gasteiger partial charge in [-0.2, -0.15) is 0 Å². The molecule has 0 radical (unpaired) electrons. The van der Waals surface area contributed by atoms with Gasteiger partial charge in [-0.1, -0.05) is 41.9 Å². The summed E-state index contributed by atoms with van der Waals surface area (Å²) in [4.78, 5) is 0. The SMILES string of the molecule is Nc1ccc(NCCc2ccccc2)c(Cl)c1. The summed E-state index contributed by atoms with van der Waals surface area (Å²) in [5, 5.41) is 3.97. The smallest absolute Gasteiger partial charge is 0.0657 e. The zero-order chi connectivity index (χ0) is 12.1. The molecule has 0 saturated carbocycles. The number of hydrogen-bond donors (Lipinski definition) is 2. The van der Waals surface area contributed by atoms with Gasteiger partial charge in [0, 0.05) is 12.2 Å². The summed E-state index contributed by atoms with van der Waals surface area (Å²) in [5.74, 6) is 0. The van der Waals surface area contributed by atoms with Crippen LogP contribution in [0.1, 0.15) is 5.56 Å². The van der Waals surface area contributed by atoms with Crippen molar-refractivity contribution in [2.75, 3.05) is 17.6 Å². The van der Waals surface area contributed by atoms with Crippen molar-refractivity contribution in [3.8, 4) is 0 Å². The molecule has 3 N–H and O–H groups in total. The quantitative estimate of drug-likeness (QED) is 0.810. The van der Waals surface area contributed by atoms with E-state index in [1.54, 1.807) is 6.07 Å². The Bertz CT molecular complexity index is 483. The van der Waals surface area contributed by atoms with Crippen molar-refractivity contribution in [3.63, 3.8) is 0 Å². The van der Waals surface area contributed by atoms with E-state index in [2.05, 4.69) is 17.4 Å². The van der Waals surface area contributed by atoms with E-state index in [0.717, 1.165) is 18.7 Å². The van der Waals surface area contributed by atoms with E-state index in [0.29, 0.717) is 10.7 Å². The van der Waals surface area contributed by atoms with E-state index >= 15 is 0 Å². The number of nitrogens with one attached hydrogen (secondary N) is 1. The Kier molecular flexibility index (Phi) is 3.89. The molecular formula is C14H15ClN2. The van der Waals surface area contributed by atoms with Crippen LogP contribution in [0.3, 0.4) is 0 Å². The first-order valence-corrected chi connectivity index (χ1v) is 5.96. The standard InChI is InChI=1S/C14H15ClN2/c15-13-10-12(16)6-7-14(13)17-9-8-11-4-2-1-3-5-11/h1-7,10,17H,8-9,16H2. The molecule has 0 unspecified atom stereocenters. The predicted molar refractivity (Wildman–Crippen MR) is 74.5 cm³/mol. The van der Waals surface area contributed by atoms with E-state index in [1.807, 2.05) is 30.3 Å². The minimum Gasteiger partial charge on any atom is -0.399 e. The lowest BCUT2D eigenvalue weighted by Crippen LogP contribution is -2.05. The number of halogens is 1. The summed E-state index contributed by atoms with van der Waals surface area (Å²) in [6.07, 6.45) is 0.974. The molecule has 0 bridgehead atoms. The minimum absolute atomic E-state index is 0.665. The average molecular weight is 247 g/mol. The molecule has 2 rings (SSSR count). The molecule has 0 atom stereocenters. The maximum atomic E-state index is 6.07. The van der Waals surface area contributed by atoms with E-state index in [4.69, 9.17) is 17.3 Å². The molecule has 2 aromatic carbocycles. The van der Waals surface area contributed by atoms with Crippen molar-refractivity contribution in [1.82, 2.24) is 0 Å². The average Bonchev–Trinajstić information content (AvgIpc) is 2.33. The van der Waals surface area contributed by atoms with Gasteiger partial charge in [0.25, 0.3) is 0 Å². The number of benzene rings is 2. The molecule has 3 heteroatoms. The molecule has 17 heavy (non-hydrogen) atoms. The van der Waals surface area contributed by atoms with Crippen LogP contribution in [0.15, 0.2) is 48.5 Å². The maximum absolute atomic E-state index is 6.07. The molecular weight excluding hydrogens is 232 g/mol. The predicted octanol–water partition coefficient (Wildman–Crippen LogP) is 3.58. The zero-order valence-corrected chi connectivity index (χ0v) is 10.2. The molecule has 0 saturated heterocycles. The van der Waals surface area contributed by atoms with Crippen molar-refractivity contribution in [2.45, 2.75) is 6.42 Å². The van der Waals surface area contributed by atoms with Crippen LogP contribution >= 0.6 is 11.6 Å². The van der Waals surface area contributed by atoms with Crippen molar-refractivity contribution < 1.29 is 0 Å². The van der Waals surface area contributed by atoms with Crippen LogP contribution in [0, 0.1) is 0 Å². The summed E-state index contributed by atoms with van der Waals surface area (Å²) in [6, 6.07) is 15.9. The highest BCUT2D eigenvalue weighted by Gasteiger charge is 1.99. The number of anilines is 2. The fraction of sp³-hybridized carbons (Fsp3) is 0.143. The van der Waals surface area contributed by atoms with E-state index < -0.39 is 0 Å². The first-order valence-electron chi connectivity index (χ1n) is 5.58. The third-order valence-corrected chi connectivity index (χ3v) is 2.88. The van der Waals surface area contributed by atoms with Crippen LogP contribution in [0.2, 0.25) is 5.02 Å². The summed E-state index contributed by atoms with van der Waals surface area (Å²) in [7, 11) is 0. The molecule has 0 amide bonds. The van der Waals surface area contributed by atoms with Crippen molar-refractivity contribution in [2.24, 2.45) is 0 Å². The number of hydrogen-bond acceptors (Lipinski definition) is 2. The number of rotatable bonds is 4. The number of nitrogens with two attached hydrogens (primary N) is 1. The molecule has 0 aromatic heterocycles. The molecule has 0 heterocycles. The van der Waals surface area contributed by atoms with Crippen LogP contribution in [-0.4, -0.2) is 6.54 Å². The van der Waals surface area contributed by atoms with Gasteiger partial charge in [0.05, 0.1) is 10.7 Å². The van der Waals surface area contributed by atoms with Gasteiger partial charge in [0.1, 0.15) is 0 Å². The van der Waals surface area contributed by atoms with Crippen LogP contribution in [0.4, 0.5) is 11.4 Å². The molecule has 0 spiro atoms. The second kappa shape index (κ2) is 5.60. The Morgan fingerprint density at radius 1 is 1.06 bits per heavy atom. The first kappa shape index (κ1) is 11.8. The summed E-state index contributed by atoms with van der Waals surface area (Å²) < 4.78 is 0. The van der Waals surface area contributed by atoms with Gasteiger partial charge < -0.3 is 11.1 Å². The van der Waals surface area contributed by atoms with Gasteiger partial charge >= 0.3 is 0 Å². The molecule has 0 aliphatic rings. The largest absolute Gasteiger partial charge is 0.399 e. The van der Waals surface area contributed by atoms with Crippen LogP contribution in [0.25, 0.3) is 0 Å². The van der Waals surface area contributed by atoms with Gasteiger partial charge in [-0.15, -0.1) is 0 Å². The lowest BCUT2D eigenvalue weighted by atomic mass is 10.1. The molecule has 2 aromatic rings. The normalized spacial score (nSPS) is 10.2. The topological polar surface area (TPSA) is 38.0 Å². The molecule has 88 valence electrons. The van der Waals surface area contributed by atoms with Crippen LogP contribution in [-0.2, 0) is 6.42 Å². The van der Waals surface area contributed by atoms with Gasteiger partial charge in [0.15, 0.2) is 0 Å². The van der Waals surface area contributed by atoms with Crippen molar-refractivity contribution in [3.05, 3.63) is 59.1 Å². The summed E-state index contributed by atoms with van der Waals surface area (Å²) in [5.41, 5.74) is 8.56. The third kappa shape index (κ3) is 3.40. The highest BCUT2D eigenvalue weighted by molar-refractivity contribution is 6.33. The monoisotopic (exact) mass is 246 g/mol. The lowest BCUT2D eigenvalue weighted by Gasteiger charge is -2.08. The third-order valence-electron chi connectivity index (χ3n) is 2.57. The van der Waals surface area contributed by atoms with E-state index in [1.165, 1.54) is 5.56 Å². The van der Waals surface area contributed by atoms with Crippen molar-refractivity contribution >= 4 is 23.0 Å². The van der Waals surface area contributed by atoms with Crippen LogP contribution < -0.4 is 11.1 Å². The highest BCUT2D eigenvalue weighted by Crippen LogP contribution is 2.23. The van der Waals surface area contributed by atoms with Gasteiger partial charge in [-0.05, 0) is 30.2 Å². The van der Waals surface area contributed by atoms with Gasteiger partial charge in [-0.25, -0.2) is 0 Å². The highest BCUT2D eigenvalue weighted by atomic mass is 35.5. The van der Waals surface area contributed by atoms with Gasteiger partial charge in [-0.3, -0.25) is 0 Å². The molecule has 2 nitrogen and oxygen atoms in total. The maximum Gasteiger partial charge on any atom is 0.0657 e. The summed E-state index contributed by atoms with van der Waals surface area (Å²) in [6.45, 7) is 0.855. The second-order valence-electron chi connectivity index (χ2n) is 3.90. The Balaban J connectivity index is 1.90. The number of nitrogen functional groups attached to an aromatic ring is 1. The van der Waals surface area contributed by atoms with E-state index in [9.17, 15) is 0 Å².